The van der Waals surface area contributed by atoms with Crippen LogP contribution in [0, 0.1) is 11.7 Å². The molecule has 0 spiro atoms. The monoisotopic (exact) mass is 220 g/mol. The zero-order valence-electron chi connectivity index (χ0n) is 8.53. The second kappa shape index (κ2) is 4.21. The summed E-state index contributed by atoms with van der Waals surface area (Å²) < 4.78 is 50.3. The third kappa shape index (κ3) is 3.22. The van der Waals surface area contributed by atoms with Crippen molar-refractivity contribution < 1.29 is 17.6 Å². The topological polar surface area (TPSA) is 0 Å². The first-order valence-electron chi connectivity index (χ1n) is 4.66. The molecule has 1 rings (SSSR count). The minimum atomic E-state index is -4.40. The Labute approximate surface area is 85.9 Å². The summed E-state index contributed by atoms with van der Waals surface area (Å²) in [6.45, 7) is 3.59. The largest absolute Gasteiger partial charge is 0.416 e. The molecule has 0 unspecified atom stereocenters. The van der Waals surface area contributed by atoms with Gasteiger partial charge in [0.05, 0.1) is 5.56 Å². The molecule has 1 aromatic carbocycles. The van der Waals surface area contributed by atoms with Crippen LogP contribution in [0.3, 0.4) is 0 Å². The van der Waals surface area contributed by atoms with Gasteiger partial charge in [-0.3, -0.25) is 0 Å². The SMILES string of the molecule is CC(C)Cc1cc(F)ccc1C(F)(F)F. The average molecular weight is 220 g/mol. The van der Waals surface area contributed by atoms with Gasteiger partial charge >= 0.3 is 6.18 Å². The van der Waals surface area contributed by atoms with Gasteiger partial charge in [0.2, 0.25) is 0 Å². The smallest absolute Gasteiger partial charge is 0.207 e. The summed E-state index contributed by atoms with van der Waals surface area (Å²) in [4.78, 5) is 0. The van der Waals surface area contributed by atoms with Crippen molar-refractivity contribution in [2.24, 2.45) is 5.92 Å². The predicted octanol–water partition coefficient (Wildman–Crippen LogP) is 4.04. The molecule has 84 valence electrons. The number of rotatable bonds is 2. The maximum Gasteiger partial charge on any atom is 0.416 e. The van der Waals surface area contributed by atoms with Crippen LogP contribution in [0.4, 0.5) is 17.6 Å². The molecule has 0 aliphatic rings. The zero-order valence-corrected chi connectivity index (χ0v) is 8.53. The maximum atomic E-state index is 12.8. The lowest BCUT2D eigenvalue weighted by Gasteiger charge is -2.14. The van der Waals surface area contributed by atoms with Crippen LogP contribution in [0.5, 0.6) is 0 Å². The third-order valence-electron chi connectivity index (χ3n) is 2.00. The molecule has 0 amide bonds. The second-order valence-electron chi connectivity index (χ2n) is 3.90. The van der Waals surface area contributed by atoms with E-state index in [4.69, 9.17) is 0 Å². The van der Waals surface area contributed by atoms with Crippen LogP contribution in [0.25, 0.3) is 0 Å². The standard InChI is InChI=1S/C11H12F4/c1-7(2)5-8-6-9(12)3-4-10(8)11(13,14)15/h3-4,6-7H,5H2,1-2H3. The molecular weight excluding hydrogens is 208 g/mol. The summed E-state index contributed by atoms with van der Waals surface area (Å²) in [5, 5.41) is 0. The van der Waals surface area contributed by atoms with E-state index in [1.54, 1.807) is 13.8 Å². The van der Waals surface area contributed by atoms with Crippen LogP contribution in [-0.4, -0.2) is 0 Å². The Morgan fingerprint density at radius 3 is 2.27 bits per heavy atom. The molecule has 0 fully saturated rings. The molecule has 0 aromatic heterocycles. The number of alkyl halides is 3. The lowest BCUT2D eigenvalue weighted by Crippen LogP contribution is -2.11. The quantitative estimate of drug-likeness (QED) is 0.660. The summed E-state index contributed by atoms with van der Waals surface area (Å²) in [6, 6.07) is 2.60. The van der Waals surface area contributed by atoms with E-state index in [0.29, 0.717) is 0 Å². The molecule has 0 nitrogen and oxygen atoms in total. The first-order valence-corrected chi connectivity index (χ1v) is 4.66. The van der Waals surface area contributed by atoms with Gasteiger partial charge in [0, 0.05) is 0 Å². The fraction of sp³-hybridized carbons (Fsp3) is 0.455. The Bertz CT molecular complexity index is 339. The summed E-state index contributed by atoms with van der Waals surface area (Å²) in [5.74, 6) is -0.563. The average Bonchev–Trinajstić information content (AvgIpc) is 1.99. The van der Waals surface area contributed by atoms with Crippen molar-refractivity contribution in [2.75, 3.05) is 0 Å². The Kier molecular flexibility index (Phi) is 3.37. The number of hydrogen-bond acceptors (Lipinski definition) is 0. The van der Waals surface area contributed by atoms with Gasteiger partial charge in [-0.25, -0.2) is 4.39 Å². The summed E-state index contributed by atoms with van der Waals surface area (Å²) in [6.07, 6.45) is -4.18. The van der Waals surface area contributed by atoms with Gasteiger partial charge in [0.1, 0.15) is 5.82 Å². The highest BCUT2D eigenvalue weighted by molar-refractivity contribution is 5.30. The molecule has 0 aliphatic heterocycles. The Hall–Kier alpha value is -1.06. The van der Waals surface area contributed by atoms with E-state index in [1.807, 2.05) is 0 Å². The summed E-state index contributed by atoms with van der Waals surface area (Å²) in [7, 11) is 0. The van der Waals surface area contributed by atoms with Crippen molar-refractivity contribution in [2.45, 2.75) is 26.4 Å². The second-order valence-corrected chi connectivity index (χ2v) is 3.90. The fourth-order valence-electron chi connectivity index (χ4n) is 1.45. The van der Waals surface area contributed by atoms with Gasteiger partial charge < -0.3 is 0 Å². The molecule has 0 aliphatic carbocycles. The van der Waals surface area contributed by atoms with Crippen molar-refractivity contribution in [1.29, 1.82) is 0 Å². The highest BCUT2D eigenvalue weighted by atomic mass is 19.4. The molecule has 0 bridgehead atoms. The molecule has 0 heterocycles. The molecule has 0 saturated heterocycles. The number of halogens is 4. The maximum absolute atomic E-state index is 12.8. The van der Waals surface area contributed by atoms with Gasteiger partial charge in [-0.1, -0.05) is 13.8 Å². The van der Waals surface area contributed by atoms with E-state index >= 15 is 0 Å². The first kappa shape index (κ1) is 12.0. The molecule has 0 N–H and O–H groups in total. The Morgan fingerprint density at radius 2 is 1.80 bits per heavy atom. The highest BCUT2D eigenvalue weighted by Gasteiger charge is 2.33. The molecule has 0 atom stereocenters. The van der Waals surface area contributed by atoms with E-state index in [1.165, 1.54) is 0 Å². The van der Waals surface area contributed by atoms with Crippen molar-refractivity contribution in [3.8, 4) is 0 Å². The van der Waals surface area contributed by atoms with Gasteiger partial charge in [-0.2, -0.15) is 13.2 Å². The van der Waals surface area contributed by atoms with E-state index in [0.717, 1.165) is 18.2 Å². The van der Waals surface area contributed by atoms with Crippen LogP contribution in [0.2, 0.25) is 0 Å². The normalized spacial score (nSPS) is 12.2. The minimum absolute atomic E-state index is 0.0255. The molecule has 0 saturated carbocycles. The zero-order chi connectivity index (χ0) is 11.6. The van der Waals surface area contributed by atoms with Crippen LogP contribution in [-0.2, 0) is 12.6 Å². The highest BCUT2D eigenvalue weighted by Crippen LogP contribution is 2.33. The number of benzene rings is 1. The van der Waals surface area contributed by atoms with Crippen molar-refractivity contribution in [1.82, 2.24) is 0 Å². The van der Waals surface area contributed by atoms with E-state index < -0.39 is 17.6 Å². The van der Waals surface area contributed by atoms with E-state index in [9.17, 15) is 17.6 Å². The van der Waals surface area contributed by atoms with Crippen LogP contribution < -0.4 is 0 Å². The van der Waals surface area contributed by atoms with Gasteiger partial charge in [-0.15, -0.1) is 0 Å². The number of hydrogen-bond donors (Lipinski definition) is 0. The lowest BCUT2D eigenvalue weighted by molar-refractivity contribution is -0.138. The molecular formula is C11H12F4. The first-order chi connectivity index (χ1) is 6.80. The Morgan fingerprint density at radius 1 is 1.20 bits per heavy atom. The molecule has 0 radical (unpaired) electrons. The van der Waals surface area contributed by atoms with Crippen LogP contribution in [0.1, 0.15) is 25.0 Å². The van der Waals surface area contributed by atoms with Gasteiger partial charge in [0.15, 0.2) is 0 Å². The molecule has 4 heteroatoms. The van der Waals surface area contributed by atoms with Gasteiger partial charge in [-0.05, 0) is 36.1 Å². The van der Waals surface area contributed by atoms with E-state index in [-0.39, 0.29) is 17.9 Å². The Balaban J connectivity index is 3.15. The van der Waals surface area contributed by atoms with Crippen LogP contribution in [0.15, 0.2) is 18.2 Å². The molecule has 15 heavy (non-hydrogen) atoms. The van der Waals surface area contributed by atoms with Crippen LogP contribution >= 0.6 is 0 Å². The third-order valence-corrected chi connectivity index (χ3v) is 2.00. The van der Waals surface area contributed by atoms with Crippen molar-refractivity contribution >= 4 is 0 Å². The predicted molar refractivity (Wildman–Crippen MR) is 49.9 cm³/mol. The summed E-state index contributed by atoms with van der Waals surface area (Å²) >= 11 is 0. The fourth-order valence-corrected chi connectivity index (χ4v) is 1.45. The van der Waals surface area contributed by atoms with E-state index in [2.05, 4.69) is 0 Å². The van der Waals surface area contributed by atoms with Crippen molar-refractivity contribution in [3.05, 3.63) is 35.1 Å². The summed E-state index contributed by atoms with van der Waals surface area (Å²) in [5.41, 5.74) is -0.713. The lowest BCUT2D eigenvalue weighted by atomic mass is 9.97. The van der Waals surface area contributed by atoms with Crippen molar-refractivity contribution in [3.63, 3.8) is 0 Å². The van der Waals surface area contributed by atoms with Gasteiger partial charge in [0.25, 0.3) is 0 Å². The minimum Gasteiger partial charge on any atom is -0.207 e. The molecule has 1 aromatic rings.